The molecule has 6 heteroatoms. The lowest BCUT2D eigenvalue weighted by atomic mass is 10.2. The van der Waals surface area contributed by atoms with E-state index in [1.165, 1.54) is 0 Å². The summed E-state index contributed by atoms with van der Waals surface area (Å²) < 4.78 is 0. The molecular formula is C18H20ClN3O2. The van der Waals surface area contributed by atoms with E-state index >= 15 is 0 Å². The molecule has 0 aliphatic carbocycles. The van der Waals surface area contributed by atoms with Crippen LogP contribution in [0.2, 0.25) is 0 Å². The Morgan fingerprint density at radius 2 is 1.92 bits per heavy atom. The van der Waals surface area contributed by atoms with Crippen molar-refractivity contribution in [1.29, 1.82) is 0 Å². The molecule has 1 aromatic heterocycles. The normalized spacial score (nSPS) is 14.9. The van der Waals surface area contributed by atoms with E-state index in [1.807, 2.05) is 44.2 Å². The molecule has 2 amide bonds. The summed E-state index contributed by atoms with van der Waals surface area (Å²) in [6.07, 6.45) is 0.814. The lowest BCUT2D eigenvalue weighted by molar-refractivity contribution is -0.117. The Balaban J connectivity index is 2.30. The van der Waals surface area contributed by atoms with Gasteiger partial charge in [-0.15, -0.1) is 11.6 Å². The van der Waals surface area contributed by atoms with Crippen LogP contribution in [0.25, 0.3) is 0 Å². The lowest BCUT2D eigenvalue weighted by Gasteiger charge is -2.26. The highest BCUT2D eigenvalue weighted by Crippen LogP contribution is 2.41. The molecule has 1 N–H and O–H groups in total. The van der Waals surface area contributed by atoms with Crippen molar-refractivity contribution in [2.45, 2.75) is 32.6 Å². The minimum atomic E-state index is -0.700. The van der Waals surface area contributed by atoms with Crippen LogP contribution < -0.4 is 9.80 Å². The van der Waals surface area contributed by atoms with Gasteiger partial charge in [0.25, 0.3) is 5.91 Å². The van der Waals surface area contributed by atoms with Crippen molar-refractivity contribution >= 4 is 40.5 Å². The molecule has 0 fully saturated rings. The molecule has 126 valence electrons. The number of benzene rings is 1. The van der Waals surface area contributed by atoms with E-state index in [1.54, 1.807) is 16.7 Å². The largest absolute Gasteiger partial charge is 0.353 e. The number of rotatable bonds is 3. The Morgan fingerprint density at radius 3 is 2.54 bits per heavy atom. The molecule has 0 saturated heterocycles. The van der Waals surface area contributed by atoms with Crippen LogP contribution in [0.3, 0.4) is 0 Å². The quantitative estimate of drug-likeness (QED) is 0.855. The van der Waals surface area contributed by atoms with Gasteiger partial charge in [0.2, 0.25) is 5.91 Å². The molecule has 0 saturated carbocycles. The number of nitrogens with zero attached hydrogens (tertiary/aromatic N) is 2. The van der Waals surface area contributed by atoms with Gasteiger partial charge in [-0.1, -0.05) is 19.1 Å². The Kier molecular flexibility index (Phi) is 4.37. The number of carbonyl (C=O) groups excluding carboxylic acids is 2. The molecule has 1 atom stereocenters. The molecule has 1 aromatic carbocycles. The maximum absolute atomic E-state index is 13.1. The molecule has 24 heavy (non-hydrogen) atoms. The van der Waals surface area contributed by atoms with Crippen LogP contribution in [-0.4, -0.2) is 28.7 Å². The van der Waals surface area contributed by atoms with Gasteiger partial charge in [-0.2, -0.15) is 0 Å². The number of anilines is 3. The van der Waals surface area contributed by atoms with Crippen LogP contribution in [0.4, 0.5) is 17.1 Å². The fourth-order valence-electron chi connectivity index (χ4n) is 3.03. The van der Waals surface area contributed by atoms with Crippen LogP contribution in [0.1, 0.15) is 36.5 Å². The third-order valence-electron chi connectivity index (χ3n) is 4.05. The van der Waals surface area contributed by atoms with Crippen LogP contribution in [0.15, 0.2) is 30.3 Å². The van der Waals surface area contributed by atoms with Gasteiger partial charge >= 0.3 is 0 Å². The van der Waals surface area contributed by atoms with E-state index < -0.39 is 5.38 Å². The summed E-state index contributed by atoms with van der Waals surface area (Å²) in [6.45, 7) is 6.10. The first-order valence-corrected chi connectivity index (χ1v) is 8.47. The van der Waals surface area contributed by atoms with Crippen LogP contribution >= 0.6 is 11.6 Å². The standard InChI is InChI=1S/C18H20ClN3O2/c1-4-9-21-13-7-5-6-8-14(13)22(17(23)12(3)19)15-10-11(2)20-16(15)18(21)24/h5-8,10,12,20H,4,9H2,1-3H3. The number of aromatic nitrogens is 1. The van der Waals surface area contributed by atoms with Crippen molar-refractivity contribution < 1.29 is 9.59 Å². The highest BCUT2D eigenvalue weighted by Gasteiger charge is 2.35. The molecule has 1 aliphatic rings. The van der Waals surface area contributed by atoms with Gasteiger partial charge in [0.1, 0.15) is 11.1 Å². The second-order valence-corrected chi connectivity index (χ2v) is 6.60. The predicted octanol–water partition coefficient (Wildman–Crippen LogP) is 3.99. The van der Waals surface area contributed by atoms with E-state index in [2.05, 4.69) is 4.98 Å². The number of carbonyl (C=O) groups is 2. The van der Waals surface area contributed by atoms with Gasteiger partial charge in [0.15, 0.2) is 0 Å². The second-order valence-electron chi connectivity index (χ2n) is 5.95. The SMILES string of the molecule is CCCN1C(=O)c2[nH]c(C)cc2N(C(=O)C(C)Cl)c2ccccc21. The van der Waals surface area contributed by atoms with Gasteiger partial charge in [-0.25, -0.2) is 0 Å². The molecule has 3 rings (SSSR count). The fourth-order valence-corrected chi connectivity index (χ4v) is 3.13. The number of alkyl halides is 1. The first kappa shape index (κ1) is 16.6. The number of para-hydroxylation sites is 2. The van der Waals surface area contributed by atoms with Crippen LogP contribution in [-0.2, 0) is 4.79 Å². The van der Waals surface area contributed by atoms with Gasteiger partial charge in [-0.3, -0.25) is 14.5 Å². The van der Waals surface area contributed by atoms with Crippen molar-refractivity contribution in [2.24, 2.45) is 0 Å². The number of H-pyrrole nitrogens is 1. The average Bonchev–Trinajstić information content (AvgIpc) is 2.90. The monoisotopic (exact) mass is 345 g/mol. The molecule has 1 aliphatic heterocycles. The number of halogens is 1. The first-order chi connectivity index (χ1) is 11.5. The minimum Gasteiger partial charge on any atom is -0.353 e. The topological polar surface area (TPSA) is 56.4 Å². The molecule has 0 spiro atoms. The average molecular weight is 346 g/mol. The van der Waals surface area contributed by atoms with E-state index in [9.17, 15) is 9.59 Å². The first-order valence-electron chi connectivity index (χ1n) is 8.04. The van der Waals surface area contributed by atoms with Crippen molar-refractivity contribution in [3.63, 3.8) is 0 Å². The van der Waals surface area contributed by atoms with Gasteiger partial charge < -0.3 is 9.88 Å². The summed E-state index contributed by atoms with van der Waals surface area (Å²) in [7, 11) is 0. The number of aromatic amines is 1. The predicted molar refractivity (Wildman–Crippen MR) is 96.4 cm³/mol. The maximum Gasteiger partial charge on any atom is 0.276 e. The molecule has 2 heterocycles. The van der Waals surface area contributed by atoms with Gasteiger partial charge in [0, 0.05) is 12.2 Å². The summed E-state index contributed by atoms with van der Waals surface area (Å²) in [5, 5.41) is -0.700. The second kappa shape index (κ2) is 6.32. The Labute approximate surface area is 146 Å². The fraction of sp³-hybridized carbons (Fsp3) is 0.333. The number of amides is 2. The minimum absolute atomic E-state index is 0.134. The zero-order valence-electron chi connectivity index (χ0n) is 14.0. The number of hydrogen-bond acceptors (Lipinski definition) is 2. The summed E-state index contributed by atoms with van der Waals surface area (Å²) in [4.78, 5) is 32.2. The Hall–Kier alpha value is -2.27. The van der Waals surface area contributed by atoms with E-state index in [0.29, 0.717) is 23.6 Å². The summed E-state index contributed by atoms with van der Waals surface area (Å²) in [5.41, 5.74) is 3.19. The van der Waals surface area contributed by atoms with E-state index in [0.717, 1.165) is 17.8 Å². The summed E-state index contributed by atoms with van der Waals surface area (Å²) in [6, 6.07) is 9.25. The third kappa shape index (κ3) is 2.59. The highest BCUT2D eigenvalue weighted by molar-refractivity contribution is 6.34. The number of hydrogen-bond donors (Lipinski definition) is 1. The van der Waals surface area contributed by atoms with Crippen molar-refractivity contribution in [2.75, 3.05) is 16.3 Å². The molecule has 1 unspecified atom stereocenters. The van der Waals surface area contributed by atoms with Crippen molar-refractivity contribution in [3.05, 3.63) is 41.7 Å². The van der Waals surface area contributed by atoms with Gasteiger partial charge in [0.05, 0.1) is 17.1 Å². The van der Waals surface area contributed by atoms with Gasteiger partial charge in [-0.05, 0) is 38.5 Å². The van der Waals surface area contributed by atoms with E-state index in [4.69, 9.17) is 11.6 Å². The maximum atomic E-state index is 13.1. The number of nitrogens with one attached hydrogen (secondary N) is 1. The highest BCUT2D eigenvalue weighted by atomic mass is 35.5. The molecular weight excluding hydrogens is 326 g/mol. The molecule has 0 radical (unpaired) electrons. The van der Waals surface area contributed by atoms with Crippen molar-refractivity contribution in [3.8, 4) is 0 Å². The smallest absolute Gasteiger partial charge is 0.276 e. The summed E-state index contributed by atoms with van der Waals surface area (Å²) >= 11 is 6.09. The van der Waals surface area contributed by atoms with E-state index in [-0.39, 0.29) is 11.8 Å². The zero-order valence-corrected chi connectivity index (χ0v) is 14.7. The molecule has 0 bridgehead atoms. The summed E-state index contributed by atoms with van der Waals surface area (Å²) in [5.74, 6) is -0.388. The third-order valence-corrected chi connectivity index (χ3v) is 4.24. The molecule has 5 nitrogen and oxygen atoms in total. The Bertz CT molecular complexity index is 797. The number of aryl methyl sites for hydroxylation is 1. The number of fused-ring (bicyclic) bond motifs is 2. The van der Waals surface area contributed by atoms with Crippen molar-refractivity contribution in [1.82, 2.24) is 4.98 Å². The lowest BCUT2D eigenvalue weighted by Crippen LogP contribution is -2.32. The molecule has 2 aromatic rings. The van der Waals surface area contributed by atoms with Crippen LogP contribution in [0.5, 0.6) is 0 Å². The Morgan fingerprint density at radius 1 is 1.25 bits per heavy atom. The zero-order chi connectivity index (χ0) is 17.4. The van der Waals surface area contributed by atoms with Crippen LogP contribution in [0, 0.1) is 6.92 Å².